The van der Waals surface area contributed by atoms with Crippen LogP contribution in [0.5, 0.6) is 0 Å². The summed E-state index contributed by atoms with van der Waals surface area (Å²) in [6.45, 7) is 3.06. The van der Waals surface area contributed by atoms with Gasteiger partial charge in [0.05, 0.1) is 35.7 Å². The Morgan fingerprint density at radius 2 is 1.97 bits per heavy atom. The molecule has 0 atom stereocenters. The van der Waals surface area contributed by atoms with Crippen LogP contribution >= 0.6 is 0 Å². The molecule has 0 saturated carbocycles. The first kappa shape index (κ1) is 20.4. The number of hydroxylamine groups is 1. The number of rotatable bonds is 7. The van der Waals surface area contributed by atoms with E-state index in [0.717, 1.165) is 12.1 Å². The third-order valence-electron chi connectivity index (χ3n) is 4.17. The molecular weight excluding hydrogens is 385 g/mol. The second-order valence-corrected chi connectivity index (χ2v) is 5.97. The van der Waals surface area contributed by atoms with Crippen LogP contribution in [0.1, 0.15) is 15.9 Å². The molecule has 1 amide bonds. The summed E-state index contributed by atoms with van der Waals surface area (Å²) in [5.74, 6) is -3.87. The van der Waals surface area contributed by atoms with Crippen molar-refractivity contribution in [1.29, 1.82) is 0 Å². The van der Waals surface area contributed by atoms with Gasteiger partial charge in [0.25, 0.3) is 5.91 Å². The van der Waals surface area contributed by atoms with Gasteiger partial charge in [-0.25, -0.2) is 18.7 Å². The quantitative estimate of drug-likeness (QED) is 0.466. The molecule has 0 saturated heterocycles. The zero-order chi connectivity index (χ0) is 21.0. The summed E-state index contributed by atoms with van der Waals surface area (Å²) >= 11 is 0. The molecule has 0 aliphatic carbocycles. The van der Waals surface area contributed by atoms with Crippen LogP contribution in [0.25, 0.3) is 23.0 Å². The van der Waals surface area contributed by atoms with E-state index in [2.05, 4.69) is 12.1 Å². The smallest absolute Gasteiger partial charge is 0.275 e. The number of nitrogens with one attached hydrogen (secondary N) is 1. The summed E-state index contributed by atoms with van der Waals surface area (Å²) in [4.78, 5) is 17.2. The van der Waals surface area contributed by atoms with Crippen molar-refractivity contribution in [3.05, 3.63) is 83.8 Å². The molecule has 0 spiro atoms. The van der Waals surface area contributed by atoms with Crippen LogP contribution in [0, 0.1) is 17.5 Å². The van der Waals surface area contributed by atoms with Gasteiger partial charge in [0, 0.05) is 6.20 Å². The number of hydrogen-bond donors (Lipinski definition) is 2. The van der Waals surface area contributed by atoms with Gasteiger partial charge in [-0.05, 0) is 42.0 Å². The van der Waals surface area contributed by atoms with Crippen LogP contribution in [-0.2, 0) is 4.84 Å². The van der Waals surface area contributed by atoms with Gasteiger partial charge >= 0.3 is 0 Å². The Bertz CT molecular complexity index is 1060. The van der Waals surface area contributed by atoms with Crippen molar-refractivity contribution in [3.63, 3.8) is 0 Å². The summed E-state index contributed by atoms with van der Waals surface area (Å²) in [6.07, 6.45) is 2.94. The molecule has 3 aromatic rings. The van der Waals surface area contributed by atoms with E-state index in [0.29, 0.717) is 5.56 Å². The van der Waals surface area contributed by atoms with Crippen molar-refractivity contribution in [2.24, 2.45) is 0 Å². The molecular formula is C21H17F3N2O3. The molecule has 5 nitrogen and oxygen atoms in total. The molecule has 0 radical (unpaired) electrons. The number of carbonyl (C=O) groups is 1. The Kier molecular flexibility index (Phi) is 6.16. The number of nitrogens with zero attached hydrogens (tertiary/aromatic N) is 1. The SMILES string of the molecule is C=Cc1ccc(-n2cccc2-c2c(C(=O)NOCCO)ccc(F)c2F)c(F)c1. The number of carbonyl (C=O) groups excluding carboxylic acids is 1. The highest BCUT2D eigenvalue weighted by molar-refractivity contribution is 6.00. The van der Waals surface area contributed by atoms with E-state index >= 15 is 0 Å². The molecule has 0 unspecified atom stereocenters. The maximum atomic E-state index is 14.7. The van der Waals surface area contributed by atoms with Gasteiger partial charge in [-0.1, -0.05) is 18.7 Å². The van der Waals surface area contributed by atoms with Crippen LogP contribution in [0.15, 0.2) is 55.2 Å². The van der Waals surface area contributed by atoms with E-state index in [4.69, 9.17) is 9.94 Å². The summed E-state index contributed by atoms with van der Waals surface area (Å²) in [5, 5.41) is 8.73. The van der Waals surface area contributed by atoms with Crippen molar-refractivity contribution in [1.82, 2.24) is 10.0 Å². The highest BCUT2D eigenvalue weighted by atomic mass is 19.2. The molecule has 1 aromatic heterocycles. The standard InChI is InChI=1S/C21H17F3N2O3/c1-2-13-5-8-17(16(23)12-13)26-9-3-4-18(26)19-14(6-7-15(22)20(19)24)21(28)25-29-11-10-27/h2-9,12,27H,1,10-11H2,(H,25,28). The monoisotopic (exact) mass is 402 g/mol. The molecule has 3 rings (SSSR count). The first-order valence-corrected chi connectivity index (χ1v) is 8.59. The predicted octanol–water partition coefficient (Wildman–Crippen LogP) is 3.86. The van der Waals surface area contributed by atoms with E-state index < -0.39 is 23.4 Å². The summed E-state index contributed by atoms with van der Waals surface area (Å²) in [5.41, 5.74) is 2.19. The number of aromatic nitrogens is 1. The van der Waals surface area contributed by atoms with Crippen LogP contribution < -0.4 is 5.48 Å². The third-order valence-corrected chi connectivity index (χ3v) is 4.17. The predicted molar refractivity (Wildman–Crippen MR) is 102 cm³/mol. The molecule has 0 aliphatic rings. The summed E-state index contributed by atoms with van der Waals surface area (Å²) < 4.78 is 44.6. The van der Waals surface area contributed by atoms with Gasteiger partial charge < -0.3 is 9.67 Å². The van der Waals surface area contributed by atoms with Crippen LogP contribution in [0.3, 0.4) is 0 Å². The van der Waals surface area contributed by atoms with E-state index in [1.807, 2.05) is 0 Å². The average molecular weight is 402 g/mol. The fourth-order valence-corrected chi connectivity index (χ4v) is 2.85. The largest absolute Gasteiger partial charge is 0.394 e. The van der Waals surface area contributed by atoms with Crippen LogP contribution in [0.2, 0.25) is 0 Å². The second kappa shape index (κ2) is 8.76. The average Bonchev–Trinajstić information content (AvgIpc) is 3.18. The molecule has 0 aliphatic heterocycles. The first-order valence-electron chi connectivity index (χ1n) is 8.59. The highest BCUT2D eigenvalue weighted by Gasteiger charge is 2.23. The fraction of sp³-hybridized carbons (Fsp3) is 0.0952. The number of hydrogen-bond acceptors (Lipinski definition) is 3. The van der Waals surface area contributed by atoms with Crippen molar-refractivity contribution in [2.45, 2.75) is 0 Å². The Hall–Kier alpha value is -3.36. The Morgan fingerprint density at radius 1 is 1.17 bits per heavy atom. The van der Waals surface area contributed by atoms with E-state index in [-0.39, 0.29) is 35.7 Å². The fourth-order valence-electron chi connectivity index (χ4n) is 2.85. The molecule has 0 bridgehead atoms. The lowest BCUT2D eigenvalue weighted by molar-refractivity contribution is 0.0168. The minimum atomic E-state index is -1.26. The van der Waals surface area contributed by atoms with Crippen molar-refractivity contribution >= 4 is 12.0 Å². The van der Waals surface area contributed by atoms with Crippen molar-refractivity contribution in [2.75, 3.05) is 13.2 Å². The lowest BCUT2D eigenvalue weighted by Gasteiger charge is -2.15. The minimum absolute atomic E-state index is 0.0690. The van der Waals surface area contributed by atoms with Gasteiger partial charge in [0.2, 0.25) is 0 Å². The van der Waals surface area contributed by atoms with E-state index in [9.17, 15) is 18.0 Å². The van der Waals surface area contributed by atoms with Gasteiger partial charge in [-0.2, -0.15) is 0 Å². The topological polar surface area (TPSA) is 63.5 Å². The number of aliphatic hydroxyl groups excluding tert-OH is 1. The molecule has 1 heterocycles. The number of amides is 1. The second-order valence-electron chi connectivity index (χ2n) is 5.97. The molecule has 0 fully saturated rings. The van der Waals surface area contributed by atoms with Crippen molar-refractivity contribution in [3.8, 4) is 16.9 Å². The first-order chi connectivity index (χ1) is 14.0. The molecule has 29 heavy (non-hydrogen) atoms. The van der Waals surface area contributed by atoms with Gasteiger partial charge in [-0.3, -0.25) is 9.63 Å². The van der Waals surface area contributed by atoms with E-state index in [1.165, 1.54) is 41.1 Å². The maximum absolute atomic E-state index is 14.7. The third kappa shape index (κ3) is 4.08. The number of benzene rings is 2. The number of halogens is 3. The van der Waals surface area contributed by atoms with Gasteiger partial charge in [0.15, 0.2) is 11.6 Å². The van der Waals surface area contributed by atoms with Crippen molar-refractivity contribution < 1.29 is 27.9 Å². The molecule has 2 N–H and O–H groups in total. The molecule has 150 valence electrons. The lowest BCUT2D eigenvalue weighted by atomic mass is 10.0. The highest BCUT2D eigenvalue weighted by Crippen LogP contribution is 2.32. The minimum Gasteiger partial charge on any atom is -0.394 e. The maximum Gasteiger partial charge on any atom is 0.275 e. The van der Waals surface area contributed by atoms with Gasteiger partial charge in [-0.15, -0.1) is 0 Å². The van der Waals surface area contributed by atoms with Crippen LogP contribution in [0.4, 0.5) is 13.2 Å². The summed E-state index contributed by atoms with van der Waals surface area (Å²) in [7, 11) is 0. The molecule has 2 aromatic carbocycles. The van der Waals surface area contributed by atoms with Crippen LogP contribution in [-0.4, -0.2) is 28.8 Å². The van der Waals surface area contributed by atoms with Gasteiger partial charge in [0.1, 0.15) is 5.82 Å². The molecule has 8 heteroatoms. The van der Waals surface area contributed by atoms with E-state index in [1.54, 1.807) is 6.07 Å². The zero-order valence-corrected chi connectivity index (χ0v) is 15.2. The zero-order valence-electron chi connectivity index (χ0n) is 15.2. The summed E-state index contributed by atoms with van der Waals surface area (Å²) in [6, 6.07) is 9.20. The Labute approximate surface area is 164 Å². The Balaban J connectivity index is 2.13. The normalized spacial score (nSPS) is 10.8. The number of aliphatic hydroxyl groups is 1. The Morgan fingerprint density at radius 3 is 2.66 bits per heavy atom. The lowest BCUT2D eigenvalue weighted by Crippen LogP contribution is -2.26.